The van der Waals surface area contributed by atoms with Gasteiger partial charge in [-0.15, -0.1) is 0 Å². The Morgan fingerprint density at radius 2 is 1.91 bits per heavy atom. The minimum atomic E-state index is -0.220. The molecule has 3 aromatic carbocycles. The van der Waals surface area contributed by atoms with Gasteiger partial charge in [-0.2, -0.15) is 0 Å². The molecular weight excluding hydrogens is 434 g/mol. The maximum Gasteiger partial charge on any atom is 0.318 e. The fraction of sp³-hybridized carbons (Fsp3) is 0.222. The maximum atomic E-state index is 13.3. The van der Waals surface area contributed by atoms with Crippen LogP contribution in [0, 0.1) is 0 Å². The number of ether oxygens (including phenoxy) is 1. The van der Waals surface area contributed by atoms with Gasteiger partial charge in [-0.25, -0.2) is 4.79 Å². The number of fused-ring (bicyclic) bond motifs is 3. The topological polar surface area (TPSA) is 57.4 Å². The van der Waals surface area contributed by atoms with E-state index in [-0.39, 0.29) is 12.1 Å². The lowest BCUT2D eigenvalue weighted by atomic mass is 9.92. The van der Waals surface area contributed by atoms with E-state index in [1.807, 2.05) is 65.6 Å². The number of nitrogens with one attached hydrogen (secondary N) is 2. The highest BCUT2D eigenvalue weighted by atomic mass is 35.5. The minimum Gasteiger partial charge on any atom is -0.497 e. The normalized spacial score (nSPS) is 15.3. The van der Waals surface area contributed by atoms with Crippen LogP contribution in [0.2, 0.25) is 5.02 Å². The fourth-order valence-corrected chi connectivity index (χ4v) is 4.84. The molecule has 1 aromatic heterocycles. The Hall–Kier alpha value is -3.44. The summed E-state index contributed by atoms with van der Waals surface area (Å²) in [5.74, 6) is 0.789. The van der Waals surface area contributed by atoms with Crippen LogP contribution in [0.4, 0.5) is 4.79 Å². The first kappa shape index (κ1) is 21.4. The monoisotopic (exact) mass is 459 g/mol. The molecule has 0 saturated carbocycles. The Morgan fingerprint density at radius 1 is 1.12 bits per heavy atom. The third-order valence-corrected chi connectivity index (χ3v) is 6.55. The van der Waals surface area contributed by atoms with Crippen LogP contribution in [0.3, 0.4) is 0 Å². The molecule has 1 aliphatic rings. The smallest absolute Gasteiger partial charge is 0.318 e. The van der Waals surface area contributed by atoms with Crippen LogP contribution < -0.4 is 10.1 Å². The largest absolute Gasteiger partial charge is 0.497 e. The zero-order valence-electron chi connectivity index (χ0n) is 18.5. The fourth-order valence-electron chi connectivity index (χ4n) is 4.67. The predicted octanol–water partition coefficient (Wildman–Crippen LogP) is 5.73. The van der Waals surface area contributed by atoms with Gasteiger partial charge in [0.1, 0.15) is 5.75 Å². The van der Waals surface area contributed by atoms with Crippen LogP contribution in [-0.2, 0) is 12.8 Å². The number of halogens is 1. The van der Waals surface area contributed by atoms with Gasteiger partial charge in [-0.1, -0.05) is 54.1 Å². The number of H-pyrrole nitrogens is 1. The quantitative estimate of drug-likeness (QED) is 0.400. The summed E-state index contributed by atoms with van der Waals surface area (Å²) < 4.78 is 5.34. The van der Waals surface area contributed by atoms with Gasteiger partial charge in [-0.05, 0) is 59.9 Å². The zero-order chi connectivity index (χ0) is 22.8. The van der Waals surface area contributed by atoms with Gasteiger partial charge in [0.15, 0.2) is 0 Å². The highest BCUT2D eigenvalue weighted by molar-refractivity contribution is 6.31. The zero-order valence-corrected chi connectivity index (χ0v) is 19.2. The maximum absolute atomic E-state index is 13.3. The van der Waals surface area contributed by atoms with Crippen molar-refractivity contribution < 1.29 is 9.53 Å². The van der Waals surface area contributed by atoms with E-state index in [0.717, 1.165) is 40.8 Å². The van der Waals surface area contributed by atoms with Crippen LogP contribution >= 0.6 is 11.6 Å². The molecule has 1 aliphatic heterocycles. The summed E-state index contributed by atoms with van der Waals surface area (Å²) in [7, 11) is 1.65. The summed E-state index contributed by atoms with van der Waals surface area (Å²) in [6.45, 7) is 1.21. The van der Waals surface area contributed by atoms with E-state index in [0.29, 0.717) is 18.1 Å². The molecule has 0 saturated heterocycles. The Labute approximate surface area is 198 Å². The van der Waals surface area contributed by atoms with E-state index in [1.165, 1.54) is 11.1 Å². The van der Waals surface area contributed by atoms with E-state index in [4.69, 9.17) is 16.3 Å². The molecule has 4 aromatic rings. The average Bonchev–Trinajstić information content (AvgIpc) is 3.22. The molecule has 168 valence electrons. The van der Waals surface area contributed by atoms with E-state index in [9.17, 15) is 4.79 Å². The van der Waals surface area contributed by atoms with E-state index < -0.39 is 0 Å². The van der Waals surface area contributed by atoms with Crippen molar-refractivity contribution in [3.63, 3.8) is 0 Å². The van der Waals surface area contributed by atoms with Crippen LogP contribution in [0.1, 0.15) is 28.4 Å². The lowest BCUT2D eigenvalue weighted by Crippen LogP contribution is -2.46. The standard InChI is InChI=1S/C27H26ClN3O2/c1-33-21-10-7-19(8-11-21)26-25-22(23-17-20(28)9-12-24(23)30-25)14-16-31(26)27(32)29-15-13-18-5-3-2-4-6-18/h2-12,17,26,30H,13-16H2,1H3,(H,29,32). The summed E-state index contributed by atoms with van der Waals surface area (Å²) in [6, 6.07) is 23.8. The Kier molecular flexibility index (Phi) is 5.97. The second kappa shape index (κ2) is 9.20. The van der Waals surface area contributed by atoms with Crippen molar-refractivity contribution >= 4 is 28.5 Å². The number of amides is 2. The highest BCUT2D eigenvalue weighted by Gasteiger charge is 2.34. The summed E-state index contributed by atoms with van der Waals surface area (Å²) in [5, 5.41) is 4.96. The summed E-state index contributed by atoms with van der Waals surface area (Å²) in [5.41, 5.74) is 5.54. The molecule has 1 unspecified atom stereocenters. The summed E-state index contributed by atoms with van der Waals surface area (Å²) in [4.78, 5) is 18.8. The highest BCUT2D eigenvalue weighted by Crippen LogP contribution is 2.39. The number of aromatic nitrogens is 1. The molecule has 0 fully saturated rings. The van der Waals surface area contributed by atoms with Gasteiger partial charge >= 0.3 is 6.03 Å². The number of nitrogens with zero attached hydrogens (tertiary/aromatic N) is 1. The molecule has 2 heterocycles. The van der Waals surface area contributed by atoms with Crippen molar-refractivity contribution in [1.29, 1.82) is 0 Å². The van der Waals surface area contributed by atoms with E-state index in [2.05, 4.69) is 22.4 Å². The molecule has 5 nitrogen and oxygen atoms in total. The Balaban J connectivity index is 1.46. The van der Waals surface area contributed by atoms with Gasteiger partial charge in [-0.3, -0.25) is 0 Å². The lowest BCUT2D eigenvalue weighted by Gasteiger charge is -2.36. The van der Waals surface area contributed by atoms with Crippen LogP contribution in [0.25, 0.3) is 10.9 Å². The van der Waals surface area contributed by atoms with E-state index in [1.54, 1.807) is 7.11 Å². The molecule has 33 heavy (non-hydrogen) atoms. The molecule has 0 spiro atoms. The number of urea groups is 1. The van der Waals surface area contributed by atoms with Gasteiger partial charge in [0.05, 0.1) is 13.2 Å². The molecule has 5 rings (SSSR count). The number of carbonyl (C=O) groups is 1. The van der Waals surface area contributed by atoms with Crippen molar-refractivity contribution in [3.8, 4) is 5.75 Å². The third-order valence-electron chi connectivity index (χ3n) is 6.31. The molecule has 0 bridgehead atoms. The molecule has 0 aliphatic carbocycles. The van der Waals surface area contributed by atoms with Crippen LogP contribution in [-0.4, -0.2) is 36.1 Å². The van der Waals surface area contributed by atoms with Crippen LogP contribution in [0.15, 0.2) is 72.8 Å². The Morgan fingerprint density at radius 3 is 2.67 bits per heavy atom. The molecule has 2 amide bonds. The molecule has 6 heteroatoms. The van der Waals surface area contributed by atoms with Crippen LogP contribution in [0.5, 0.6) is 5.75 Å². The van der Waals surface area contributed by atoms with Crippen molar-refractivity contribution in [2.75, 3.05) is 20.2 Å². The molecule has 2 N–H and O–H groups in total. The number of hydrogen-bond acceptors (Lipinski definition) is 2. The predicted molar refractivity (Wildman–Crippen MR) is 132 cm³/mol. The van der Waals surface area contributed by atoms with Crippen molar-refractivity contribution in [2.45, 2.75) is 18.9 Å². The Bertz CT molecular complexity index is 1270. The summed E-state index contributed by atoms with van der Waals surface area (Å²) in [6.07, 6.45) is 1.57. The number of rotatable bonds is 5. The first-order valence-electron chi connectivity index (χ1n) is 11.2. The van der Waals surface area contributed by atoms with Gasteiger partial charge in [0.2, 0.25) is 0 Å². The second-order valence-electron chi connectivity index (χ2n) is 8.29. The van der Waals surface area contributed by atoms with Gasteiger partial charge < -0.3 is 19.9 Å². The van der Waals surface area contributed by atoms with Gasteiger partial charge in [0.25, 0.3) is 0 Å². The number of benzene rings is 3. The molecular formula is C27H26ClN3O2. The number of methoxy groups -OCH3 is 1. The third kappa shape index (κ3) is 4.29. The minimum absolute atomic E-state index is 0.0610. The van der Waals surface area contributed by atoms with Crippen molar-refractivity contribution in [2.24, 2.45) is 0 Å². The van der Waals surface area contributed by atoms with Gasteiger partial charge in [0, 0.05) is 34.7 Å². The first-order chi connectivity index (χ1) is 16.1. The SMILES string of the molecule is COc1ccc(C2c3[nH]c4ccc(Cl)cc4c3CCN2C(=O)NCCc2ccccc2)cc1. The van der Waals surface area contributed by atoms with E-state index >= 15 is 0 Å². The summed E-state index contributed by atoms with van der Waals surface area (Å²) >= 11 is 6.29. The number of carbonyl (C=O) groups excluding carboxylic acids is 1. The molecule has 0 radical (unpaired) electrons. The number of aromatic amines is 1. The second-order valence-corrected chi connectivity index (χ2v) is 8.73. The lowest BCUT2D eigenvalue weighted by molar-refractivity contribution is 0.179. The van der Waals surface area contributed by atoms with Crippen molar-refractivity contribution in [3.05, 3.63) is 100 Å². The first-order valence-corrected chi connectivity index (χ1v) is 11.5. The average molecular weight is 460 g/mol. The molecule has 1 atom stereocenters. The van der Waals surface area contributed by atoms with Crippen molar-refractivity contribution in [1.82, 2.24) is 15.2 Å². The number of hydrogen-bond donors (Lipinski definition) is 2.